The van der Waals surface area contributed by atoms with Gasteiger partial charge in [-0.3, -0.25) is 5.84 Å². The van der Waals surface area contributed by atoms with Gasteiger partial charge in [-0.15, -0.1) is 0 Å². The van der Waals surface area contributed by atoms with Crippen molar-refractivity contribution in [2.75, 3.05) is 0 Å². The molecule has 0 aliphatic carbocycles. The topological polar surface area (TPSA) is 38.0 Å². The first-order valence-corrected chi connectivity index (χ1v) is 5.90. The van der Waals surface area contributed by atoms with Crippen LogP contribution in [0.4, 0.5) is 4.39 Å². The smallest absolute Gasteiger partial charge is 0.123 e. The summed E-state index contributed by atoms with van der Waals surface area (Å²) in [5, 5.41) is 0. The summed E-state index contributed by atoms with van der Waals surface area (Å²) in [7, 11) is 0. The standard InChI is InChI=1S/C15H17FN2/c1-10-3-4-13(9-11(10)2)15(18-17)12-5-7-14(16)8-6-12/h3-9,15,18H,17H2,1-2H3. The second kappa shape index (κ2) is 5.29. The van der Waals surface area contributed by atoms with Crippen LogP contribution in [0, 0.1) is 19.7 Å². The SMILES string of the molecule is Cc1ccc(C(NN)c2ccc(F)cc2)cc1C. The minimum atomic E-state index is -0.241. The molecule has 0 aliphatic rings. The zero-order valence-corrected chi connectivity index (χ0v) is 10.6. The summed E-state index contributed by atoms with van der Waals surface area (Å²) in [5.41, 5.74) is 7.26. The van der Waals surface area contributed by atoms with Gasteiger partial charge in [0.2, 0.25) is 0 Å². The lowest BCUT2D eigenvalue weighted by molar-refractivity contribution is 0.615. The van der Waals surface area contributed by atoms with Gasteiger partial charge < -0.3 is 0 Å². The van der Waals surface area contributed by atoms with E-state index >= 15 is 0 Å². The third-order valence-corrected chi connectivity index (χ3v) is 3.23. The van der Waals surface area contributed by atoms with Gasteiger partial charge in [0, 0.05) is 0 Å². The number of benzene rings is 2. The van der Waals surface area contributed by atoms with E-state index in [4.69, 9.17) is 5.84 Å². The van der Waals surface area contributed by atoms with Crippen LogP contribution in [0.3, 0.4) is 0 Å². The molecule has 0 aliphatic heterocycles. The molecule has 2 aromatic carbocycles. The maximum absolute atomic E-state index is 12.9. The molecule has 0 spiro atoms. The number of aryl methyl sites for hydroxylation is 2. The van der Waals surface area contributed by atoms with E-state index in [1.165, 1.54) is 23.3 Å². The highest BCUT2D eigenvalue weighted by Gasteiger charge is 2.12. The van der Waals surface area contributed by atoms with Crippen molar-refractivity contribution in [1.29, 1.82) is 0 Å². The van der Waals surface area contributed by atoms with Crippen LogP contribution in [-0.4, -0.2) is 0 Å². The molecule has 2 nitrogen and oxygen atoms in total. The maximum Gasteiger partial charge on any atom is 0.123 e. The fraction of sp³-hybridized carbons (Fsp3) is 0.200. The normalized spacial score (nSPS) is 12.4. The Morgan fingerprint density at radius 1 is 0.944 bits per heavy atom. The molecular weight excluding hydrogens is 227 g/mol. The quantitative estimate of drug-likeness (QED) is 0.643. The molecule has 3 N–H and O–H groups in total. The van der Waals surface area contributed by atoms with Gasteiger partial charge in [0.15, 0.2) is 0 Å². The van der Waals surface area contributed by atoms with Gasteiger partial charge in [0.25, 0.3) is 0 Å². The Labute approximate surface area is 107 Å². The zero-order chi connectivity index (χ0) is 13.1. The van der Waals surface area contributed by atoms with E-state index in [1.54, 1.807) is 12.1 Å². The Kier molecular flexibility index (Phi) is 3.75. The molecule has 0 amide bonds. The number of hydrogen-bond acceptors (Lipinski definition) is 2. The van der Waals surface area contributed by atoms with Crippen LogP contribution < -0.4 is 11.3 Å². The summed E-state index contributed by atoms with van der Waals surface area (Å²) in [6.45, 7) is 4.14. The third-order valence-electron chi connectivity index (χ3n) is 3.23. The summed E-state index contributed by atoms with van der Waals surface area (Å²) < 4.78 is 12.9. The summed E-state index contributed by atoms with van der Waals surface area (Å²) in [6.07, 6.45) is 0. The molecule has 0 saturated heterocycles. The summed E-state index contributed by atoms with van der Waals surface area (Å²) in [6, 6.07) is 12.5. The monoisotopic (exact) mass is 244 g/mol. The van der Waals surface area contributed by atoms with Crippen LogP contribution in [0.5, 0.6) is 0 Å². The van der Waals surface area contributed by atoms with E-state index in [2.05, 4.69) is 31.4 Å². The first kappa shape index (κ1) is 12.7. The van der Waals surface area contributed by atoms with Gasteiger partial charge in [-0.05, 0) is 48.2 Å². The van der Waals surface area contributed by atoms with Crippen molar-refractivity contribution in [1.82, 2.24) is 5.43 Å². The molecule has 0 saturated carbocycles. The highest BCUT2D eigenvalue weighted by atomic mass is 19.1. The molecule has 0 fully saturated rings. The van der Waals surface area contributed by atoms with E-state index in [0.29, 0.717) is 0 Å². The number of nitrogens with one attached hydrogen (secondary N) is 1. The molecule has 18 heavy (non-hydrogen) atoms. The van der Waals surface area contributed by atoms with Gasteiger partial charge >= 0.3 is 0 Å². The average molecular weight is 244 g/mol. The number of halogens is 1. The predicted molar refractivity (Wildman–Crippen MR) is 71.5 cm³/mol. The zero-order valence-electron chi connectivity index (χ0n) is 10.6. The predicted octanol–water partition coefficient (Wildman–Crippen LogP) is 3.00. The molecule has 2 aromatic rings. The molecule has 3 heteroatoms. The molecule has 0 bridgehead atoms. The van der Waals surface area contributed by atoms with Crippen molar-refractivity contribution in [3.63, 3.8) is 0 Å². The number of hydrazine groups is 1. The summed E-state index contributed by atoms with van der Waals surface area (Å²) >= 11 is 0. The third kappa shape index (κ3) is 2.58. The highest BCUT2D eigenvalue weighted by Crippen LogP contribution is 2.23. The van der Waals surface area contributed by atoms with Crippen LogP contribution in [0.25, 0.3) is 0 Å². The Bertz CT molecular complexity index is 535. The van der Waals surface area contributed by atoms with Crippen LogP contribution in [0.1, 0.15) is 28.3 Å². The van der Waals surface area contributed by atoms with Crippen molar-refractivity contribution >= 4 is 0 Å². The van der Waals surface area contributed by atoms with Crippen LogP contribution in [-0.2, 0) is 0 Å². The first-order valence-electron chi connectivity index (χ1n) is 5.90. The first-order chi connectivity index (χ1) is 8.61. The Hall–Kier alpha value is -1.71. The van der Waals surface area contributed by atoms with Gasteiger partial charge in [-0.2, -0.15) is 0 Å². The fourth-order valence-electron chi connectivity index (χ4n) is 1.98. The lowest BCUT2D eigenvalue weighted by Gasteiger charge is -2.18. The molecule has 0 radical (unpaired) electrons. The summed E-state index contributed by atoms with van der Waals surface area (Å²) in [4.78, 5) is 0. The van der Waals surface area contributed by atoms with Crippen molar-refractivity contribution in [3.05, 3.63) is 70.5 Å². The Balaban J connectivity index is 2.38. The van der Waals surface area contributed by atoms with Gasteiger partial charge in [0.05, 0.1) is 6.04 Å². The van der Waals surface area contributed by atoms with E-state index in [0.717, 1.165) is 11.1 Å². The minimum absolute atomic E-state index is 0.120. The van der Waals surface area contributed by atoms with Gasteiger partial charge in [-0.25, -0.2) is 9.82 Å². The Morgan fingerprint density at radius 2 is 1.56 bits per heavy atom. The highest BCUT2D eigenvalue weighted by molar-refractivity contribution is 5.37. The molecule has 2 rings (SSSR count). The van der Waals surface area contributed by atoms with E-state index in [9.17, 15) is 4.39 Å². The van der Waals surface area contributed by atoms with Crippen LogP contribution in [0.15, 0.2) is 42.5 Å². The van der Waals surface area contributed by atoms with Crippen molar-refractivity contribution in [2.45, 2.75) is 19.9 Å². The molecule has 1 unspecified atom stereocenters. The Morgan fingerprint density at radius 3 is 2.11 bits per heavy atom. The molecule has 0 aromatic heterocycles. The molecule has 94 valence electrons. The van der Waals surface area contributed by atoms with E-state index in [1.807, 2.05) is 6.07 Å². The fourth-order valence-corrected chi connectivity index (χ4v) is 1.98. The second-order valence-electron chi connectivity index (χ2n) is 4.49. The average Bonchev–Trinajstić information content (AvgIpc) is 2.37. The van der Waals surface area contributed by atoms with Gasteiger partial charge in [-0.1, -0.05) is 30.3 Å². The van der Waals surface area contributed by atoms with E-state index < -0.39 is 0 Å². The maximum atomic E-state index is 12.9. The van der Waals surface area contributed by atoms with Gasteiger partial charge in [0.1, 0.15) is 5.82 Å². The molecule has 1 atom stereocenters. The lowest BCUT2D eigenvalue weighted by atomic mass is 9.96. The molecule has 0 heterocycles. The lowest BCUT2D eigenvalue weighted by Crippen LogP contribution is -2.28. The number of hydrogen-bond donors (Lipinski definition) is 2. The molecular formula is C15H17FN2. The van der Waals surface area contributed by atoms with E-state index in [-0.39, 0.29) is 11.9 Å². The number of nitrogens with two attached hydrogens (primary N) is 1. The van der Waals surface area contributed by atoms with Crippen LogP contribution >= 0.6 is 0 Å². The van der Waals surface area contributed by atoms with Crippen molar-refractivity contribution < 1.29 is 4.39 Å². The van der Waals surface area contributed by atoms with Crippen molar-refractivity contribution in [3.8, 4) is 0 Å². The largest absolute Gasteiger partial charge is 0.271 e. The summed E-state index contributed by atoms with van der Waals surface area (Å²) in [5.74, 6) is 5.38. The van der Waals surface area contributed by atoms with Crippen molar-refractivity contribution in [2.24, 2.45) is 5.84 Å². The second-order valence-corrected chi connectivity index (χ2v) is 4.49. The number of rotatable bonds is 3. The van der Waals surface area contributed by atoms with Crippen LogP contribution in [0.2, 0.25) is 0 Å². The minimum Gasteiger partial charge on any atom is -0.271 e.